The van der Waals surface area contributed by atoms with Crippen LogP contribution in [0.1, 0.15) is 6.92 Å². The summed E-state index contributed by atoms with van der Waals surface area (Å²) >= 11 is 0. The molecule has 0 N–H and O–H groups in total. The topological polar surface area (TPSA) is 52.1 Å². The summed E-state index contributed by atoms with van der Waals surface area (Å²) in [6, 6.07) is 6.25. The minimum absolute atomic E-state index is 0.0254. The highest BCUT2D eigenvalue weighted by Gasteiger charge is 2.07. The van der Waals surface area contributed by atoms with Crippen LogP contribution in [0.5, 0.6) is 5.75 Å². The smallest absolute Gasteiger partial charge is 0.167 e. The summed E-state index contributed by atoms with van der Waals surface area (Å²) in [6.07, 6.45) is 2.83. The molecule has 0 radical (unpaired) electrons. The summed E-state index contributed by atoms with van der Waals surface area (Å²) in [5.74, 6) is 0.191. The molecule has 5 heteroatoms. The van der Waals surface area contributed by atoms with Crippen molar-refractivity contribution in [3.05, 3.63) is 42.5 Å². The highest BCUT2D eigenvalue weighted by atomic mass is 19.1. The van der Waals surface area contributed by atoms with Crippen molar-refractivity contribution < 1.29 is 13.9 Å². The van der Waals surface area contributed by atoms with Crippen LogP contribution in [-0.2, 0) is 4.79 Å². The van der Waals surface area contributed by atoms with Crippen molar-refractivity contribution in [3.63, 3.8) is 0 Å². The van der Waals surface area contributed by atoms with Gasteiger partial charge in [-0.05, 0) is 19.1 Å². The Bertz CT molecular complexity index is 555. The number of aromatic nitrogens is 2. The number of hydrogen-bond acceptors (Lipinski definition) is 4. The minimum Gasteiger partial charge on any atom is -0.483 e. The number of hydrogen-bond donors (Lipinski definition) is 0. The fourth-order valence-corrected chi connectivity index (χ4v) is 1.36. The van der Waals surface area contributed by atoms with Crippen LogP contribution in [0.4, 0.5) is 4.39 Å². The van der Waals surface area contributed by atoms with Crippen molar-refractivity contribution in [2.45, 2.75) is 6.92 Å². The second-order valence-corrected chi connectivity index (χ2v) is 3.71. The van der Waals surface area contributed by atoms with Crippen LogP contribution >= 0.6 is 0 Å². The first-order valence-corrected chi connectivity index (χ1v) is 5.36. The molecule has 18 heavy (non-hydrogen) atoms. The van der Waals surface area contributed by atoms with Gasteiger partial charge < -0.3 is 4.74 Å². The van der Waals surface area contributed by atoms with Crippen LogP contribution in [-0.4, -0.2) is 22.4 Å². The largest absolute Gasteiger partial charge is 0.483 e. The fourth-order valence-electron chi connectivity index (χ4n) is 1.36. The lowest BCUT2D eigenvalue weighted by Crippen LogP contribution is -2.07. The highest BCUT2D eigenvalue weighted by Crippen LogP contribution is 2.19. The zero-order valence-electron chi connectivity index (χ0n) is 9.76. The van der Waals surface area contributed by atoms with E-state index in [1.807, 2.05) is 0 Å². The maximum atomic E-state index is 13.5. The lowest BCUT2D eigenvalue weighted by atomic mass is 10.2. The van der Waals surface area contributed by atoms with Gasteiger partial charge in [0.05, 0.1) is 18.0 Å². The third-order valence-electron chi connectivity index (χ3n) is 2.19. The predicted octanol–water partition coefficient (Wildman–Crippen LogP) is 2.25. The molecule has 0 fully saturated rings. The minimum atomic E-state index is -0.380. The average molecular weight is 246 g/mol. The van der Waals surface area contributed by atoms with Crippen molar-refractivity contribution in [3.8, 4) is 17.1 Å². The second-order valence-electron chi connectivity index (χ2n) is 3.71. The molecule has 0 unspecified atom stereocenters. The van der Waals surface area contributed by atoms with Gasteiger partial charge in [-0.2, -0.15) is 0 Å². The van der Waals surface area contributed by atoms with Gasteiger partial charge in [-0.3, -0.25) is 4.79 Å². The summed E-state index contributed by atoms with van der Waals surface area (Å²) in [7, 11) is 0. The quantitative estimate of drug-likeness (QED) is 0.830. The summed E-state index contributed by atoms with van der Waals surface area (Å²) in [6.45, 7) is 1.40. The standard InChI is InChI=1S/C13H11FN2O2/c1-9(17)8-18-10-6-15-13(16-7-10)11-4-2-3-5-12(11)14/h2-7H,8H2,1H3. The molecule has 2 aromatic rings. The van der Waals surface area contributed by atoms with E-state index in [-0.39, 0.29) is 24.0 Å². The molecule has 4 nitrogen and oxygen atoms in total. The molecule has 1 aromatic carbocycles. The number of carbonyl (C=O) groups is 1. The Kier molecular flexibility index (Phi) is 3.62. The van der Waals surface area contributed by atoms with E-state index in [2.05, 4.69) is 9.97 Å². The van der Waals surface area contributed by atoms with Gasteiger partial charge in [0.2, 0.25) is 0 Å². The van der Waals surface area contributed by atoms with Gasteiger partial charge in [-0.1, -0.05) is 12.1 Å². The fraction of sp³-hybridized carbons (Fsp3) is 0.154. The van der Waals surface area contributed by atoms with Crippen LogP contribution in [0.25, 0.3) is 11.4 Å². The van der Waals surface area contributed by atoms with Crippen LogP contribution in [0.15, 0.2) is 36.7 Å². The van der Waals surface area contributed by atoms with E-state index < -0.39 is 0 Å². The lowest BCUT2D eigenvalue weighted by molar-refractivity contribution is -0.118. The molecule has 0 spiro atoms. The molecule has 0 saturated carbocycles. The van der Waals surface area contributed by atoms with Gasteiger partial charge in [-0.15, -0.1) is 0 Å². The number of benzene rings is 1. The first-order chi connectivity index (χ1) is 8.66. The Morgan fingerprint density at radius 1 is 1.28 bits per heavy atom. The number of nitrogens with zero attached hydrogens (tertiary/aromatic N) is 2. The van der Waals surface area contributed by atoms with Crippen LogP contribution in [0, 0.1) is 5.82 Å². The van der Waals surface area contributed by atoms with Crippen molar-refractivity contribution >= 4 is 5.78 Å². The number of ketones is 1. The SMILES string of the molecule is CC(=O)COc1cnc(-c2ccccc2F)nc1. The Morgan fingerprint density at radius 2 is 1.94 bits per heavy atom. The Balaban J connectivity index is 2.17. The van der Waals surface area contributed by atoms with E-state index in [1.165, 1.54) is 25.4 Å². The molecular weight excluding hydrogens is 235 g/mol. The second kappa shape index (κ2) is 5.35. The number of rotatable bonds is 4. The molecule has 0 atom stereocenters. The maximum absolute atomic E-state index is 13.5. The molecule has 0 bridgehead atoms. The summed E-state index contributed by atoms with van der Waals surface area (Å²) in [5, 5.41) is 0. The van der Waals surface area contributed by atoms with E-state index in [9.17, 15) is 9.18 Å². The molecule has 0 aliphatic carbocycles. The van der Waals surface area contributed by atoms with Crippen molar-refractivity contribution in [1.29, 1.82) is 0 Å². The summed E-state index contributed by atoms with van der Waals surface area (Å²) < 4.78 is 18.6. The van der Waals surface area contributed by atoms with Gasteiger partial charge in [0.1, 0.15) is 12.4 Å². The Hall–Kier alpha value is -2.30. The predicted molar refractivity (Wildman–Crippen MR) is 63.6 cm³/mol. The molecular formula is C13H11FN2O2. The maximum Gasteiger partial charge on any atom is 0.167 e. The van der Waals surface area contributed by atoms with Crippen LogP contribution < -0.4 is 4.74 Å². The van der Waals surface area contributed by atoms with E-state index in [0.717, 1.165) is 0 Å². The Morgan fingerprint density at radius 3 is 2.56 bits per heavy atom. The van der Waals surface area contributed by atoms with Gasteiger partial charge in [0.25, 0.3) is 0 Å². The van der Waals surface area contributed by atoms with Gasteiger partial charge in [0, 0.05) is 0 Å². The molecule has 2 rings (SSSR count). The molecule has 0 amide bonds. The molecule has 0 aliphatic rings. The Labute approximate surface area is 103 Å². The monoisotopic (exact) mass is 246 g/mol. The molecule has 1 heterocycles. The van der Waals surface area contributed by atoms with Crippen molar-refractivity contribution in [2.75, 3.05) is 6.61 Å². The number of Topliss-reactive ketones (excluding diaryl/α,β-unsaturated/α-hetero) is 1. The number of carbonyl (C=O) groups excluding carboxylic acids is 1. The molecule has 0 saturated heterocycles. The molecule has 1 aromatic heterocycles. The number of ether oxygens (including phenoxy) is 1. The van der Waals surface area contributed by atoms with Gasteiger partial charge in [-0.25, -0.2) is 14.4 Å². The van der Waals surface area contributed by atoms with Crippen molar-refractivity contribution in [1.82, 2.24) is 9.97 Å². The summed E-state index contributed by atoms with van der Waals surface area (Å²) in [5.41, 5.74) is 0.329. The van der Waals surface area contributed by atoms with Gasteiger partial charge in [0.15, 0.2) is 17.4 Å². The molecule has 92 valence electrons. The van der Waals surface area contributed by atoms with Gasteiger partial charge >= 0.3 is 0 Å². The zero-order chi connectivity index (χ0) is 13.0. The van der Waals surface area contributed by atoms with Crippen LogP contribution in [0.2, 0.25) is 0 Å². The summed E-state index contributed by atoms with van der Waals surface area (Å²) in [4.78, 5) is 18.7. The lowest BCUT2D eigenvalue weighted by Gasteiger charge is -2.04. The van der Waals surface area contributed by atoms with Crippen molar-refractivity contribution in [2.24, 2.45) is 0 Å². The number of halogens is 1. The van der Waals surface area contributed by atoms with E-state index in [1.54, 1.807) is 18.2 Å². The zero-order valence-corrected chi connectivity index (χ0v) is 9.76. The van der Waals surface area contributed by atoms with E-state index >= 15 is 0 Å². The average Bonchev–Trinajstić information content (AvgIpc) is 2.38. The normalized spacial score (nSPS) is 10.1. The van der Waals surface area contributed by atoms with Crippen LogP contribution in [0.3, 0.4) is 0 Å². The first kappa shape index (κ1) is 12.2. The third-order valence-corrected chi connectivity index (χ3v) is 2.19. The highest BCUT2D eigenvalue weighted by molar-refractivity contribution is 5.77. The van der Waals surface area contributed by atoms with E-state index in [0.29, 0.717) is 11.3 Å². The third kappa shape index (κ3) is 2.88. The first-order valence-electron chi connectivity index (χ1n) is 5.36. The molecule has 0 aliphatic heterocycles. The van der Waals surface area contributed by atoms with E-state index in [4.69, 9.17) is 4.74 Å².